The van der Waals surface area contributed by atoms with Gasteiger partial charge in [-0.15, -0.1) is 24.0 Å². The van der Waals surface area contributed by atoms with E-state index < -0.39 is 0 Å². The van der Waals surface area contributed by atoms with Gasteiger partial charge in [-0.2, -0.15) is 0 Å². The van der Waals surface area contributed by atoms with Gasteiger partial charge in [0, 0.05) is 25.6 Å². The molecule has 29 heavy (non-hydrogen) atoms. The van der Waals surface area contributed by atoms with Crippen molar-refractivity contribution in [2.24, 2.45) is 4.99 Å². The van der Waals surface area contributed by atoms with Gasteiger partial charge in [0.05, 0.1) is 14.2 Å². The second-order valence-corrected chi connectivity index (χ2v) is 7.13. The molecule has 7 heteroatoms. The average Bonchev–Trinajstić information content (AvgIpc) is 2.71. The van der Waals surface area contributed by atoms with Crippen LogP contribution >= 0.6 is 24.0 Å². The monoisotopic (exact) mass is 511 g/mol. The van der Waals surface area contributed by atoms with Crippen LogP contribution in [-0.4, -0.2) is 38.9 Å². The van der Waals surface area contributed by atoms with Crippen molar-refractivity contribution < 1.29 is 14.6 Å². The Balaban J connectivity index is 0.00000300. The van der Waals surface area contributed by atoms with Crippen LogP contribution in [0.2, 0.25) is 0 Å². The third-order valence-electron chi connectivity index (χ3n) is 5.51. The number of benzene rings is 2. The van der Waals surface area contributed by atoms with Gasteiger partial charge in [0.2, 0.25) is 5.75 Å². The minimum Gasteiger partial charge on any atom is -0.502 e. The zero-order chi connectivity index (χ0) is 20.0. The van der Waals surface area contributed by atoms with Gasteiger partial charge in [-0.05, 0) is 36.1 Å². The lowest BCUT2D eigenvalue weighted by Crippen LogP contribution is -2.48. The highest BCUT2D eigenvalue weighted by atomic mass is 127. The van der Waals surface area contributed by atoms with E-state index in [-0.39, 0.29) is 35.1 Å². The summed E-state index contributed by atoms with van der Waals surface area (Å²) in [6.45, 7) is 1.38. The van der Waals surface area contributed by atoms with Crippen molar-refractivity contribution >= 4 is 29.9 Å². The second-order valence-electron chi connectivity index (χ2n) is 7.13. The van der Waals surface area contributed by atoms with Gasteiger partial charge >= 0.3 is 0 Å². The minimum atomic E-state index is 0. The van der Waals surface area contributed by atoms with E-state index in [0.29, 0.717) is 18.0 Å². The molecule has 0 radical (unpaired) electrons. The number of phenols is 1. The summed E-state index contributed by atoms with van der Waals surface area (Å²) in [5, 5.41) is 16.8. The molecular formula is C22H30IN3O3. The van der Waals surface area contributed by atoms with Crippen LogP contribution in [0, 0.1) is 0 Å². The first-order valence-corrected chi connectivity index (χ1v) is 9.56. The fourth-order valence-corrected chi connectivity index (χ4v) is 3.67. The van der Waals surface area contributed by atoms with Gasteiger partial charge < -0.3 is 25.2 Å². The highest BCUT2D eigenvalue weighted by Crippen LogP contribution is 2.43. The number of ether oxygens (including phenoxy) is 2. The summed E-state index contributed by atoms with van der Waals surface area (Å²) in [6.07, 6.45) is 3.64. The molecule has 0 heterocycles. The van der Waals surface area contributed by atoms with E-state index in [0.717, 1.165) is 18.1 Å². The van der Waals surface area contributed by atoms with Crippen LogP contribution in [-0.2, 0) is 12.0 Å². The smallest absolute Gasteiger partial charge is 0.200 e. The maximum Gasteiger partial charge on any atom is 0.200 e. The third-order valence-corrected chi connectivity index (χ3v) is 5.51. The van der Waals surface area contributed by atoms with Crippen molar-refractivity contribution in [1.82, 2.24) is 10.6 Å². The third kappa shape index (κ3) is 5.26. The van der Waals surface area contributed by atoms with Crippen LogP contribution in [0.15, 0.2) is 47.5 Å². The van der Waals surface area contributed by atoms with Crippen LogP contribution < -0.4 is 20.1 Å². The number of methoxy groups -OCH3 is 2. The Bertz CT molecular complexity index is 798. The predicted molar refractivity (Wildman–Crippen MR) is 127 cm³/mol. The molecule has 3 N–H and O–H groups in total. The Kier molecular flexibility index (Phi) is 8.43. The summed E-state index contributed by atoms with van der Waals surface area (Å²) in [5.74, 6) is 1.52. The largest absolute Gasteiger partial charge is 0.502 e. The molecule has 6 nitrogen and oxygen atoms in total. The van der Waals surface area contributed by atoms with Crippen LogP contribution in [0.4, 0.5) is 0 Å². The lowest BCUT2D eigenvalue weighted by Gasteiger charge is -2.43. The molecule has 1 fully saturated rings. The van der Waals surface area contributed by atoms with Crippen LogP contribution in [0.1, 0.15) is 30.4 Å². The van der Waals surface area contributed by atoms with Crippen molar-refractivity contribution in [3.63, 3.8) is 0 Å². The maximum atomic E-state index is 10.0. The number of aromatic hydroxyl groups is 1. The Morgan fingerprint density at radius 2 is 1.69 bits per heavy atom. The summed E-state index contributed by atoms with van der Waals surface area (Å²) in [7, 11) is 4.81. The normalized spacial score (nSPS) is 14.9. The maximum absolute atomic E-state index is 10.0. The zero-order valence-electron chi connectivity index (χ0n) is 17.2. The van der Waals surface area contributed by atoms with Gasteiger partial charge in [-0.3, -0.25) is 4.99 Å². The van der Waals surface area contributed by atoms with Gasteiger partial charge in [0.25, 0.3) is 0 Å². The summed E-state index contributed by atoms with van der Waals surface area (Å²) in [6, 6.07) is 14.3. The lowest BCUT2D eigenvalue weighted by atomic mass is 9.64. The molecule has 0 amide bonds. The number of nitrogens with zero attached hydrogens (tertiary/aromatic N) is 1. The van der Waals surface area contributed by atoms with E-state index >= 15 is 0 Å². The van der Waals surface area contributed by atoms with E-state index in [9.17, 15) is 5.11 Å². The van der Waals surface area contributed by atoms with Gasteiger partial charge in [0.1, 0.15) is 0 Å². The first-order chi connectivity index (χ1) is 13.6. The van der Waals surface area contributed by atoms with Crippen molar-refractivity contribution in [3.8, 4) is 17.2 Å². The molecule has 2 aromatic carbocycles. The Morgan fingerprint density at radius 1 is 1.07 bits per heavy atom. The Morgan fingerprint density at radius 3 is 2.17 bits per heavy atom. The summed E-state index contributed by atoms with van der Waals surface area (Å²) >= 11 is 0. The molecule has 158 valence electrons. The summed E-state index contributed by atoms with van der Waals surface area (Å²) in [4.78, 5) is 4.34. The molecule has 0 spiro atoms. The first-order valence-electron chi connectivity index (χ1n) is 9.56. The quantitative estimate of drug-likeness (QED) is 0.300. The fraction of sp³-hybridized carbons (Fsp3) is 0.409. The lowest BCUT2D eigenvalue weighted by molar-refractivity contribution is 0.244. The molecule has 0 aliphatic heterocycles. The fourth-order valence-electron chi connectivity index (χ4n) is 3.67. The minimum absolute atomic E-state index is 0. The molecule has 2 aromatic rings. The molecule has 0 unspecified atom stereocenters. The van der Waals surface area contributed by atoms with Crippen molar-refractivity contribution in [2.45, 2.75) is 31.2 Å². The first kappa shape index (κ1) is 23.1. The van der Waals surface area contributed by atoms with Crippen molar-refractivity contribution in [1.29, 1.82) is 0 Å². The van der Waals surface area contributed by atoms with Gasteiger partial charge in [-0.25, -0.2) is 0 Å². The van der Waals surface area contributed by atoms with Gasteiger partial charge in [-0.1, -0.05) is 36.8 Å². The summed E-state index contributed by atoms with van der Waals surface area (Å²) < 4.78 is 10.4. The predicted octanol–water partition coefficient (Wildman–Crippen LogP) is 3.81. The number of nitrogens with one attached hydrogen (secondary N) is 2. The number of rotatable bonds is 7. The molecule has 0 saturated heterocycles. The molecule has 0 aromatic heterocycles. The standard InChI is InChI=1S/C22H29N3O3.HI/c1-23-21(24-14-16-12-18(27-2)20(26)19(13-16)28-3)25-15-22(10-7-11-22)17-8-5-4-6-9-17;/h4-6,8-9,12-13,26H,7,10-11,14-15H2,1-3H3,(H2,23,24,25);1H. The van der Waals surface area contributed by atoms with Crippen LogP contribution in [0.3, 0.4) is 0 Å². The number of aliphatic imine (C=N–C) groups is 1. The van der Waals surface area contributed by atoms with E-state index in [1.54, 1.807) is 19.2 Å². The van der Waals surface area contributed by atoms with E-state index in [2.05, 4.69) is 46.0 Å². The molecule has 3 rings (SSSR count). The molecule has 0 atom stereocenters. The topological polar surface area (TPSA) is 75.1 Å². The SMILES string of the molecule is CN=C(NCc1cc(OC)c(O)c(OC)c1)NCC1(c2ccccc2)CCC1.I. The Hall–Kier alpha value is -2.16. The highest BCUT2D eigenvalue weighted by molar-refractivity contribution is 14.0. The number of hydrogen-bond donors (Lipinski definition) is 3. The highest BCUT2D eigenvalue weighted by Gasteiger charge is 2.38. The van der Waals surface area contributed by atoms with Gasteiger partial charge in [0.15, 0.2) is 17.5 Å². The molecular weight excluding hydrogens is 481 g/mol. The number of guanidine groups is 1. The van der Waals surface area contributed by atoms with E-state index in [4.69, 9.17) is 9.47 Å². The molecule has 1 aliphatic rings. The number of halogens is 1. The average molecular weight is 511 g/mol. The zero-order valence-corrected chi connectivity index (χ0v) is 19.5. The van der Waals surface area contributed by atoms with E-state index in [1.165, 1.54) is 39.0 Å². The van der Waals surface area contributed by atoms with E-state index in [1.807, 2.05) is 0 Å². The Labute approximate surface area is 189 Å². The van der Waals surface area contributed by atoms with Crippen LogP contribution in [0.5, 0.6) is 17.2 Å². The number of phenolic OH excluding ortho intramolecular Hbond substituents is 1. The van der Waals surface area contributed by atoms with Crippen molar-refractivity contribution in [2.75, 3.05) is 27.8 Å². The van der Waals surface area contributed by atoms with Crippen molar-refractivity contribution in [3.05, 3.63) is 53.6 Å². The molecule has 0 bridgehead atoms. The molecule has 1 saturated carbocycles. The van der Waals surface area contributed by atoms with Crippen LogP contribution in [0.25, 0.3) is 0 Å². The molecule has 1 aliphatic carbocycles. The second kappa shape index (κ2) is 10.6. The summed E-state index contributed by atoms with van der Waals surface area (Å²) in [5.41, 5.74) is 2.50. The number of hydrogen-bond acceptors (Lipinski definition) is 4.